The number of aromatic carboxylic acids is 1. The van der Waals surface area contributed by atoms with Gasteiger partial charge in [0, 0.05) is 38.9 Å². The Morgan fingerprint density at radius 3 is 2.37 bits per heavy atom. The lowest BCUT2D eigenvalue weighted by Crippen LogP contribution is -2.46. The third-order valence-electron chi connectivity index (χ3n) is 5.21. The van der Waals surface area contributed by atoms with Crippen LogP contribution >= 0.6 is 0 Å². The van der Waals surface area contributed by atoms with Gasteiger partial charge in [0.15, 0.2) is 0 Å². The lowest BCUT2D eigenvalue weighted by molar-refractivity contribution is 0.0698. The van der Waals surface area contributed by atoms with Crippen LogP contribution in [0.2, 0.25) is 0 Å². The van der Waals surface area contributed by atoms with Crippen LogP contribution in [0.5, 0.6) is 0 Å². The molecule has 2 heterocycles. The van der Waals surface area contributed by atoms with E-state index in [1.165, 1.54) is 11.6 Å². The minimum Gasteiger partial charge on any atom is -0.477 e. The van der Waals surface area contributed by atoms with Crippen LogP contribution in [0.1, 0.15) is 15.9 Å². The van der Waals surface area contributed by atoms with Gasteiger partial charge in [-0.2, -0.15) is 0 Å². The van der Waals surface area contributed by atoms with Crippen molar-refractivity contribution in [3.63, 3.8) is 0 Å². The molecular weight excluding hydrogens is 383 g/mol. The molecule has 1 aliphatic rings. The number of anilines is 3. The van der Waals surface area contributed by atoms with Gasteiger partial charge >= 0.3 is 5.97 Å². The molecule has 30 heavy (non-hydrogen) atoms. The fourth-order valence-corrected chi connectivity index (χ4v) is 3.67. The normalized spacial score (nSPS) is 14.5. The Labute approximate surface area is 174 Å². The van der Waals surface area contributed by atoms with E-state index in [-0.39, 0.29) is 11.3 Å². The molecule has 0 atom stereocenters. The highest BCUT2D eigenvalue weighted by Gasteiger charge is 2.25. The van der Waals surface area contributed by atoms with Crippen LogP contribution in [0.4, 0.5) is 21.6 Å². The first-order valence-corrected chi connectivity index (χ1v) is 9.87. The van der Waals surface area contributed by atoms with Crippen LogP contribution in [-0.4, -0.2) is 47.1 Å². The summed E-state index contributed by atoms with van der Waals surface area (Å²) in [4.78, 5) is 20.7. The second-order valence-corrected chi connectivity index (χ2v) is 7.22. The van der Waals surface area contributed by atoms with E-state index >= 15 is 0 Å². The molecule has 0 saturated carbocycles. The molecule has 0 amide bonds. The highest BCUT2D eigenvalue weighted by atomic mass is 19.1. The smallest absolute Gasteiger partial charge is 0.341 e. The third-order valence-corrected chi connectivity index (χ3v) is 5.21. The zero-order chi connectivity index (χ0) is 20.9. The molecule has 3 aromatic rings. The number of halogens is 1. The number of carboxylic acids is 1. The van der Waals surface area contributed by atoms with E-state index in [0.29, 0.717) is 24.6 Å². The number of rotatable bonds is 6. The van der Waals surface area contributed by atoms with Crippen molar-refractivity contribution >= 4 is 23.2 Å². The predicted octanol–water partition coefficient (Wildman–Crippen LogP) is 3.98. The van der Waals surface area contributed by atoms with E-state index in [1.807, 2.05) is 23.1 Å². The Hall–Kier alpha value is -3.45. The molecule has 0 radical (unpaired) electrons. The second-order valence-electron chi connectivity index (χ2n) is 7.22. The first-order chi connectivity index (χ1) is 14.6. The van der Waals surface area contributed by atoms with E-state index < -0.39 is 11.8 Å². The number of hydrogen-bond donors (Lipinski definition) is 2. The number of carboxylic acid groups (broad SMARTS) is 1. The zero-order valence-corrected chi connectivity index (χ0v) is 16.5. The van der Waals surface area contributed by atoms with Gasteiger partial charge < -0.3 is 15.3 Å². The molecule has 0 aliphatic carbocycles. The molecule has 0 bridgehead atoms. The van der Waals surface area contributed by atoms with E-state index in [4.69, 9.17) is 0 Å². The fourth-order valence-electron chi connectivity index (χ4n) is 3.67. The Balaban J connectivity index is 1.52. The Morgan fingerprint density at radius 1 is 0.967 bits per heavy atom. The van der Waals surface area contributed by atoms with Gasteiger partial charge in [0.2, 0.25) is 0 Å². The Bertz CT molecular complexity index is 1020. The molecule has 154 valence electrons. The summed E-state index contributed by atoms with van der Waals surface area (Å²) in [5.41, 5.74) is 1.86. The highest BCUT2D eigenvalue weighted by molar-refractivity contribution is 6.00. The van der Waals surface area contributed by atoms with Gasteiger partial charge in [-0.15, -0.1) is 0 Å². The SMILES string of the molecule is O=C(O)c1c(Nc2ccccc2F)ccnc1N1CCN(Cc2ccccc2)CC1. The minimum atomic E-state index is -1.09. The number of nitrogens with one attached hydrogen (secondary N) is 1. The summed E-state index contributed by atoms with van der Waals surface area (Å²) in [6, 6.07) is 18.0. The first-order valence-electron chi connectivity index (χ1n) is 9.87. The van der Waals surface area contributed by atoms with Crippen LogP contribution in [0, 0.1) is 5.82 Å². The molecule has 2 N–H and O–H groups in total. The van der Waals surface area contributed by atoms with Crippen LogP contribution in [0.25, 0.3) is 0 Å². The Morgan fingerprint density at radius 2 is 1.67 bits per heavy atom. The lowest BCUT2D eigenvalue weighted by atomic mass is 10.1. The predicted molar refractivity (Wildman–Crippen MR) is 115 cm³/mol. The molecular formula is C23H23FN4O2. The molecule has 0 unspecified atom stereocenters. The monoisotopic (exact) mass is 406 g/mol. The number of carbonyl (C=O) groups is 1. The number of hydrogen-bond acceptors (Lipinski definition) is 5. The maximum atomic E-state index is 14.0. The van der Waals surface area contributed by atoms with E-state index in [9.17, 15) is 14.3 Å². The van der Waals surface area contributed by atoms with Crippen LogP contribution in [-0.2, 0) is 6.54 Å². The van der Waals surface area contributed by atoms with Crippen molar-refractivity contribution in [1.29, 1.82) is 0 Å². The largest absolute Gasteiger partial charge is 0.477 e. The summed E-state index contributed by atoms with van der Waals surface area (Å²) in [6.45, 7) is 3.82. The number of benzene rings is 2. The summed E-state index contributed by atoms with van der Waals surface area (Å²) in [5, 5.41) is 12.8. The molecule has 4 rings (SSSR count). The quantitative estimate of drug-likeness (QED) is 0.645. The van der Waals surface area contributed by atoms with Crippen LogP contribution < -0.4 is 10.2 Å². The Kier molecular flexibility index (Phi) is 5.90. The molecule has 7 heteroatoms. The molecule has 1 aliphatic heterocycles. The van der Waals surface area contributed by atoms with Crippen LogP contribution in [0.3, 0.4) is 0 Å². The summed E-state index contributed by atoms with van der Waals surface area (Å²) in [5.74, 6) is -1.13. The highest BCUT2D eigenvalue weighted by Crippen LogP contribution is 2.29. The van der Waals surface area contributed by atoms with Gasteiger partial charge in [0.1, 0.15) is 17.2 Å². The number of piperazine rings is 1. The second kappa shape index (κ2) is 8.92. The van der Waals surface area contributed by atoms with Crippen molar-refractivity contribution in [2.45, 2.75) is 6.54 Å². The van der Waals surface area contributed by atoms with Crippen molar-refractivity contribution in [3.05, 3.63) is 83.8 Å². The van der Waals surface area contributed by atoms with Crippen molar-refractivity contribution < 1.29 is 14.3 Å². The van der Waals surface area contributed by atoms with Crippen molar-refractivity contribution in [1.82, 2.24) is 9.88 Å². The van der Waals surface area contributed by atoms with Crippen molar-refractivity contribution in [3.8, 4) is 0 Å². The van der Waals surface area contributed by atoms with Gasteiger partial charge in [0.25, 0.3) is 0 Å². The van der Waals surface area contributed by atoms with Gasteiger partial charge in [-0.05, 0) is 23.8 Å². The standard InChI is InChI=1S/C23H23FN4O2/c24-18-8-4-5-9-19(18)26-20-10-11-25-22(21(20)23(29)30)28-14-12-27(13-15-28)16-17-6-2-1-3-7-17/h1-11H,12-16H2,(H,25,26)(H,29,30). The summed E-state index contributed by atoms with van der Waals surface area (Å²) in [6.07, 6.45) is 1.56. The molecule has 1 fully saturated rings. The molecule has 6 nitrogen and oxygen atoms in total. The fraction of sp³-hybridized carbons (Fsp3) is 0.217. The maximum Gasteiger partial charge on any atom is 0.341 e. The van der Waals surface area contributed by atoms with E-state index in [1.54, 1.807) is 30.5 Å². The van der Waals surface area contributed by atoms with Gasteiger partial charge in [-0.3, -0.25) is 4.90 Å². The van der Waals surface area contributed by atoms with E-state index in [0.717, 1.165) is 19.6 Å². The summed E-state index contributed by atoms with van der Waals surface area (Å²) < 4.78 is 14.0. The number of pyridine rings is 1. The number of para-hydroxylation sites is 1. The van der Waals surface area contributed by atoms with Crippen molar-refractivity contribution in [2.24, 2.45) is 0 Å². The lowest BCUT2D eigenvalue weighted by Gasteiger charge is -2.36. The third kappa shape index (κ3) is 4.41. The van der Waals surface area contributed by atoms with Crippen molar-refractivity contribution in [2.75, 3.05) is 36.4 Å². The minimum absolute atomic E-state index is 0.0530. The summed E-state index contributed by atoms with van der Waals surface area (Å²) >= 11 is 0. The molecule has 2 aromatic carbocycles. The molecule has 1 aromatic heterocycles. The van der Waals surface area contributed by atoms with E-state index in [2.05, 4.69) is 27.3 Å². The zero-order valence-electron chi connectivity index (χ0n) is 16.5. The maximum absolute atomic E-state index is 14.0. The number of nitrogens with zero attached hydrogens (tertiary/aromatic N) is 3. The van der Waals surface area contributed by atoms with Crippen LogP contribution in [0.15, 0.2) is 66.9 Å². The topological polar surface area (TPSA) is 68.7 Å². The average molecular weight is 406 g/mol. The summed E-state index contributed by atoms with van der Waals surface area (Å²) in [7, 11) is 0. The first kappa shape index (κ1) is 19.8. The number of aromatic nitrogens is 1. The molecule has 1 saturated heterocycles. The molecule has 0 spiro atoms. The average Bonchev–Trinajstić information content (AvgIpc) is 2.76. The van der Waals surface area contributed by atoms with Gasteiger partial charge in [-0.25, -0.2) is 14.2 Å². The van der Waals surface area contributed by atoms with Gasteiger partial charge in [0.05, 0.1) is 11.4 Å². The van der Waals surface area contributed by atoms with Gasteiger partial charge in [-0.1, -0.05) is 42.5 Å².